The normalized spacial score (nSPS) is 12.0. The molecule has 0 spiro atoms. The molecule has 0 radical (unpaired) electrons. The molecule has 3 aromatic rings. The predicted octanol–water partition coefficient (Wildman–Crippen LogP) is 3.73. The van der Waals surface area contributed by atoms with E-state index in [2.05, 4.69) is 26.2 Å². The van der Waals surface area contributed by atoms with Crippen LogP contribution >= 0.6 is 27.7 Å². The smallest absolute Gasteiger partial charge is 0.258 e. The zero-order valence-corrected chi connectivity index (χ0v) is 17.2. The molecule has 1 aromatic carbocycles. The van der Waals surface area contributed by atoms with E-state index in [9.17, 15) is 9.59 Å². The average molecular weight is 448 g/mol. The number of methoxy groups -OCH3 is 1. The first-order chi connectivity index (χ1) is 13.0. The number of fused-ring (bicyclic) bond motifs is 1. The molecule has 3 rings (SSSR count). The van der Waals surface area contributed by atoms with Gasteiger partial charge >= 0.3 is 0 Å². The zero-order chi connectivity index (χ0) is 19.4. The van der Waals surface area contributed by atoms with Crippen LogP contribution in [-0.4, -0.2) is 27.7 Å². The molecule has 2 heterocycles. The van der Waals surface area contributed by atoms with Gasteiger partial charge in [-0.15, -0.1) is 11.8 Å². The van der Waals surface area contributed by atoms with Gasteiger partial charge in [-0.3, -0.25) is 14.0 Å². The first kappa shape index (κ1) is 19.4. The molecule has 0 saturated heterocycles. The van der Waals surface area contributed by atoms with Gasteiger partial charge in [-0.25, -0.2) is 4.98 Å². The van der Waals surface area contributed by atoms with Gasteiger partial charge in [0.2, 0.25) is 5.91 Å². The number of hydrogen-bond donors (Lipinski definition) is 1. The molecular formula is C19H18BrN3O3S. The van der Waals surface area contributed by atoms with Gasteiger partial charge in [-0.05, 0) is 59.3 Å². The summed E-state index contributed by atoms with van der Waals surface area (Å²) in [4.78, 5) is 29.1. The number of aromatic nitrogens is 2. The van der Waals surface area contributed by atoms with Gasteiger partial charge in [0.1, 0.15) is 11.4 Å². The van der Waals surface area contributed by atoms with Crippen LogP contribution in [0.3, 0.4) is 0 Å². The maximum Gasteiger partial charge on any atom is 0.258 e. The third kappa shape index (κ3) is 4.90. The number of hydrogen-bond acceptors (Lipinski definition) is 5. The van der Waals surface area contributed by atoms with Crippen LogP contribution in [0.5, 0.6) is 5.75 Å². The van der Waals surface area contributed by atoms with E-state index in [1.807, 2.05) is 13.0 Å². The summed E-state index contributed by atoms with van der Waals surface area (Å²) in [6, 6.07) is 12.3. The van der Waals surface area contributed by atoms with Gasteiger partial charge < -0.3 is 10.1 Å². The minimum atomic E-state index is -0.294. The molecule has 1 N–H and O–H groups in total. The fourth-order valence-electron chi connectivity index (χ4n) is 2.40. The summed E-state index contributed by atoms with van der Waals surface area (Å²) in [7, 11) is 1.60. The fraction of sp³-hybridized carbons (Fsp3) is 0.211. The fourth-order valence-corrected chi connectivity index (χ4v) is 3.52. The molecule has 8 heteroatoms. The first-order valence-electron chi connectivity index (χ1n) is 8.20. The molecule has 140 valence electrons. The number of rotatable bonds is 6. The summed E-state index contributed by atoms with van der Waals surface area (Å²) < 4.78 is 7.40. The number of thioether (sulfide) groups is 1. The lowest BCUT2D eigenvalue weighted by molar-refractivity contribution is -0.115. The summed E-state index contributed by atoms with van der Waals surface area (Å²) in [6.45, 7) is 1.83. The number of halogens is 1. The monoisotopic (exact) mass is 447 g/mol. The number of carbonyl (C=O) groups excluding carboxylic acids is 1. The molecule has 0 aliphatic heterocycles. The Morgan fingerprint density at radius 3 is 2.74 bits per heavy atom. The highest BCUT2D eigenvalue weighted by molar-refractivity contribution is 9.10. The molecule has 1 amide bonds. The topological polar surface area (TPSA) is 72.7 Å². The molecule has 0 aliphatic rings. The lowest BCUT2D eigenvalue weighted by Crippen LogP contribution is -2.23. The van der Waals surface area contributed by atoms with Gasteiger partial charge in [-0.2, -0.15) is 0 Å². The quantitative estimate of drug-likeness (QED) is 0.622. The lowest BCUT2D eigenvalue weighted by atomic mass is 10.3. The SMILES string of the molecule is COc1ccc(NC(=O)C(C)SCc2cc(=O)n3cc(Br)ccc3n2)cc1. The largest absolute Gasteiger partial charge is 0.497 e. The highest BCUT2D eigenvalue weighted by Gasteiger charge is 2.15. The second-order valence-electron chi connectivity index (χ2n) is 5.83. The summed E-state index contributed by atoms with van der Waals surface area (Å²) >= 11 is 4.77. The molecule has 6 nitrogen and oxygen atoms in total. The Balaban J connectivity index is 1.63. The zero-order valence-electron chi connectivity index (χ0n) is 14.8. The molecule has 0 saturated carbocycles. The van der Waals surface area contributed by atoms with E-state index in [1.165, 1.54) is 22.2 Å². The summed E-state index contributed by atoms with van der Waals surface area (Å²) in [6.07, 6.45) is 1.69. The van der Waals surface area contributed by atoms with Crippen LogP contribution in [0.4, 0.5) is 5.69 Å². The van der Waals surface area contributed by atoms with Crippen molar-refractivity contribution in [3.63, 3.8) is 0 Å². The minimum absolute atomic E-state index is 0.105. The van der Waals surface area contributed by atoms with Crippen molar-refractivity contribution < 1.29 is 9.53 Å². The van der Waals surface area contributed by atoms with E-state index in [0.29, 0.717) is 22.8 Å². The maximum atomic E-state index is 12.4. The van der Waals surface area contributed by atoms with Crippen LogP contribution < -0.4 is 15.6 Å². The van der Waals surface area contributed by atoms with Crippen LogP contribution in [0.15, 0.2) is 57.9 Å². The molecule has 0 aliphatic carbocycles. The molecule has 1 atom stereocenters. The number of nitrogens with zero attached hydrogens (tertiary/aromatic N) is 2. The van der Waals surface area contributed by atoms with Crippen LogP contribution in [0.1, 0.15) is 12.6 Å². The minimum Gasteiger partial charge on any atom is -0.497 e. The lowest BCUT2D eigenvalue weighted by Gasteiger charge is -2.12. The highest BCUT2D eigenvalue weighted by atomic mass is 79.9. The summed E-state index contributed by atoms with van der Waals surface area (Å²) in [5.74, 6) is 1.10. The number of anilines is 1. The van der Waals surface area contributed by atoms with Crippen molar-refractivity contribution in [3.05, 3.63) is 69.2 Å². The highest BCUT2D eigenvalue weighted by Crippen LogP contribution is 2.20. The maximum absolute atomic E-state index is 12.4. The van der Waals surface area contributed by atoms with Crippen molar-refractivity contribution in [2.24, 2.45) is 0 Å². The third-order valence-corrected chi connectivity index (χ3v) is 5.53. The van der Waals surface area contributed by atoms with E-state index >= 15 is 0 Å². The number of ether oxygens (including phenoxy) is 1. The Bertz CT molecular complexity index is 1020. The van der Waals surface area contributed by atoms with Crippen LogP contribution in [0.25, 0.3) is 5.65 Å². The van der Waals surface area contributed by atoms with E-state index in [-0.39, 0.29) is 16.7 Å². The van der Waals surface area contributed by atoms with Crippen molar-refractivity contribution in [3.8, 4) is 5.75 Å². The second-order valence-corrected chi connectivity index (χ2v) is 8.08. The number of carbonyl (C=O) groups is 1. The number of amides is 1. The van der Waals surface area contributed by atoms with E-state index < -0.39 is 0 Å². The molecule has 2 aromatic heterocycles. The van der Waals surface area contributed by atoms with Gasteiger partial charge in [0.25, 0.3) is 5.56 Å². The van der Waals surface area contributed by atoms with Crippen molar-refractivity contribution >= 4 is 44.9 Å². The Morgan fingerprint density at radius 1 is 1.30 bits per heavy atom. The second kappa shape index (κ2) is 8.58. The Labute approximate surface area is 169 Å². The molecular weight excluding hydrogens is 430 g/mol. The summed E-state index contributed by atoms with van der Waals surface area (Å²) in [5.41, 5.74) is 1.79. The third-order valence-electron chi connectivity index (χ3n) is 3.88. The number of nitrogens with one attached hydrogen (secondary N) is 1. The Morgan fingerprint density at radius 2 is 2.04 bits per heavy atom. The van der Waals surface area contributed by atoms with Crippen LogP contribution in [-0.2, 0) is 10.5 Å². The first-order valence-corrected chi connectivity index (χ1v) is 10.0. The molecule has 0 fully saturated rings. The van der Waals surface area contributed by atoms with Gasteiger partial charge in [0, 0.05) is 28.2 Å². The van der Waals surface area contributed by atoms with Gasteiger partial charge in [-0.1, -0.05) is 0 Å². The van der Waals surface area contributed by atoms with Crippen LogP contribution in [0, 0.1) is 0 Å². The molecule has 0 bridgehead atoms. The molecule has 1 unspecified atom stereocenters. The van der Waals surface area contributed by atoms with Crippen molar-refractivity contribution in [1.29, 1.82) is 0 Å². The summed E-state index contributed by atoms with van der Waals surface area (Å²) in [5, 5.41) is 2.58. The van der Waals surface area contributed by atoms with E-state index in [1.54, 1.807) is 43.6 Å². The average Bonchev–Trinajstić information content (AvgIpc) is 2.67. The number of pyridine rings is 1. The van der Waals surface area contributed by atoms with E-state index in [0.717, 1.165) is 10.2 Å². The van der Waals surface area contributed by atoms with Crippen molar-refractivity contribution in [1.82, 2.24) is 9.38 Å². The Hall–Kier alpha value is -2.32. The van der Waals surface area contributed by atoms with Gasteiger partial charge in [0.15, 0.2) is 0 Å². The van der Waals surface area contributed by atoms with Gasteiger partial charge in [0.05, 0.1) is 18.1 Å². The predicted molar refractivity (Wildman–Crippen MR) is 112 cm³/mol. The standard InChI is InChI=1S/C19H18BrN3O3S/c1-12(19(25)22-14-4-6-16(26-2)7-5-14)27-11-15-9-18(24)23-10-13(20)3-8-17(23)21-15/h3-10,12H,11H2,1-2H3,(H,22,25). The van der Waals surface area contributed by atoms with E-state index in [4.69, 9.17) is 4.74 Å². The van der Waals surface area contributed by atoms with Crippen LogP contribution in [0.2, 0.25) is 0 Å². The van der Waals surface area contributed by atoms with Crippen molar-refractivity contribution in [2.75, 3.05) is 12.4 Å². The number of benzene rings is 1. The molecule has 27 heavy (non-hydrogen) atoms. The van der Waals surface area contributed by atoms with Crippen molar-refractivity contribution in [2.45, 2.75) is 17.9 Å². The Kier molecular flexibility index (Phi) is 6.18.